The second kappa shape index (κ2) is 10.5. The zero-order valence-corrected chi connectivity index (χ0v) is 19.7. The van der Waals surface area contributed by atoms with Crippen LogP contribution in [0.2, 0.25) is 5.02 Å². The van der Waals surface area contributed by atoms with Gasteiger partial charge in [-0.2, -0.15) is 0 Å². The number of piperazine rings is 1. The molecule has 2 heterocycles. The highest BCUT2D eigenvalue weighted by atomic mass is 35.5. The molecule has 1 aliphatic rings. The number of hydrogen-bond acceptors (Lipinski definition) is 3. The molecule has 3 aromatic rings. The first-order chi connectivity index (χ1) is 15.6. The molecule has 0 aliphatic carbocycles. The minimum atomic E-state index is -1.06. The molecule has 1 saturated heterocycles. The van der Waals surface area contributed by atoms with E-state index in [-0.39, 0.29) is 0 Å². The molecule has 32 heavy (non-hydrogen) atoms. The summed E-state index contributed by atoms with van der Waals surface area (Å²) in [6.07, 6.45) is 2.16. The summed E-state index contributed by atoms with van der Waals surface area (Å²) in [6, 6.07) is 18.3. The van der Waals surface area contributed by atoms with Crippen LogP contribution in [0.15, 0.2) is 60.8 Å². The van der Waals surface area contributed by atoms with E-state index in [0.717, 1.165) is 67.2 Å². The Balaban J connectivity index is 1.53. The molecular weight excluding hydrogens is 421 g/mol. The molecule has 1 unspecified atom stereocenters. The number of pyridine rings is 1. The minimum absolute atomic E-state index is 0.414. The van der Waals surface area contributed by atoms with Gasteiger partial charge in [-0.05, 0) is 48.7 Å². The topological polar surface area (TPSA) is 19.4 Å². The van der Waals surface area contributed by atoms with Crippen LogP contribution in [0.5, 0.6) is 0 Å². The van der Waals surface area contributed by atoms with Crippen molar-refractivity contribution >= 4 is 17.3 Å². The van der Waals surface area contributed by atoms with Crippen LogP contribution in [0.1, 0.15) is 36.3 Å². The van der Waals surface area contributed by atoms with E-state index < -0.39 is 6.17 Å². The second-order valence-electron chi connectivity index (χ2n) is 8.49. The average molecular weight is 452 g/mol. The summed E-state index contributed by atoms with van der Waals surface area (Å²) in [7, 11) is 0. The number of halogens is 2. The Morgan fingerprint density at radius 3 is 2.44 bits per heavy atom. The van der Waals surface area contributed by atoms with Crippen molar-refractivity contribution in [1.82, 2.24) is 9.88 Å². The van der Waals surface area contributed by atoms with Crippen molar-refractivity contribution in [2.45, 2.75) is 32.9 Å². The number of aryl methyl sites for hydroxylation is 1. The van der Waals surface area contributed by atoms with Gasteiger partial charge in [0, 0.05) is 67.8 Å². The first-order valence-electron chi connectivity index (χ1n) is 11.5. The summed E-state index contributed by atoms with van der Waals surface area (Å²) in [5.74, 6) is 0. The van der Waals surface area contributed by atoms with Gasteiger partial charge in [-0.1, -0.05) is 48.9 Å². The van der Waals surface area contributed by atoms with Gasteiger partial charge in [-0.3, -0.25) is 9.88 Å². The summed E-state index contributed by atoms with van der Waals surface area (Å²) in [4.78, 5) is 9.27. The van der Waals surface area contributed by atoms with Crippen LogP contribution in [0.3, 0.4) is 0 Å². The zero-order valence-electron chi connectivity index (χ0n) is 18.9. The molecule has 0 saturated carbocycles. The van der Waals surface area contributed by atoms with Crippen LogP contribution in [0, 0.1) is 6.92 Å². The molecule has 0 bridgehead atoms. The van der Waals surface area contributed by atoms with Gasteiger partial charge in [0.1, 0.15) is 6.17 Å². The third-order valence-electron chi connectivity index (χ3n) is 6.36. The van der Waals surface area contributed by atoms with Gasteiger partial charge in [0.2, 0.25) is 0 Å². The van der Waals surface area contributed by atoms with E-state index >= 15 is 0 Å². The predicted octanol–water partition coefficient (Wildman–Crippen LogP) is 6.50. The number of nitrogens with zero attached hydrogens (tertiary/aromatic N) is 3. The summed E-state index contributed by atoms with van der Waals surface area (Å²) in [5, 5.41) is 0.534. The van der Waals surface area contributed by atoms with Crippen molar-refractivity contribution in [2.75, 3.05) is 37.6 Å². The first kappa shape index (κ1) is 22.8. The van der Waals surface area contributed by atoms with E-state index in [2.05, 4.69) is 46.0 Å². The molecule has 0 spiro atoms. The Bertz CT molecular complexity index is 1030. The number of rotatable bonds is 7. The van der Waals surface area contributed by atoms with Crippen molar-refractivity contribution in [1.29, 1.82) is 0 Å². The Morgan fingerprint density at radius 2 is 1.75 bits per heavy atom. The lowest BCUT2D eigenvalue weighted by Gasteiger charge is -2.36. The molecule has 4 rings (SSSR count). The molecule has 1 aliphatic heterocycles. The number of alkyl halides is 1. The molecule has 1 fully saturated rings. The highest BCUT2D eigenvalue weighted by Crippen LogP contribution is 2.40. The van der Waals surface area contributed by atoms with Crippen molar-refractivity contribution in [2.24, 2.45) is 0 Å². The largest absolute Gasteiger partial charge is 0.369 e. The standard InChI is InChI=1S/C27H31ClFN3/c1-3-26(29)25-19-22(18-24(27(25)28)23-10-5-4-8-20(23)2)32-16-14-31(15-17-32)13-11-21-9-6-7-12-30-21/h4-10,12,18-19,26H,3,11,13-17H2,1-2H3. The van der Waals surface area contributed by atoms with Crippen LogP contribution in [-0.2, 0) is 6.42 Å². The van der Waals surface area contributed by atoms with Crippen LogP contribution >= 0.6 is 11.6 Å². The molecule has 0 amide bonds. The second-order valence-corrected chi connectivity index (χ2v) is 8.86. The van der Waals surface area contributed by atoms with Gasteiger partial charge in [0.15, 0.2) is 0 Å². The maximum atomic E-state index is 14.9. The lowest BCUT2D eigenvalue weighted by Crippen LogP contribution is -2.47. The molecule has 1 aromatic heterocycles. The summed E-state index contributed by atoms with van der Waals surface area (Å²) >= 11 is 6.75. The Hall–Kier alpha value is -2.43. The maximum absolute atomic E-state index is 14.9. The van der Waals surface area contributed by atoms with Crippen LogP contribution < -0.4 is 4.90 Å². The molecule has 168 valence electrons. The van der Waals surface area contributed by atoms with Crippen molar-refractivity contribution in [3.63, 3.8) is 0 Å². The molecule has 5 heteroatoms. The van der Waals surface area contributed by atoms with Gasteiger partial charge in [-0.25, -0.2) is 4.39 Å². The fourth-order valence-corrected chi connectivity index (χ4v) is 4.71. The summed E-state index contributed by atoms with van der Waals surface area (Å²) in [6.45, 7) is 8.74. The van der Waals surface area contributed by atoms with Crippen LogP contribution in [0.4, 0.5) is 10.1 Å². The molecule has 0 radical (unpaired) electrons. The van der Waals surface area contributed by atoms with Crippen molar-refractivity contribution < 1.29 is 4.39 Å². The fraction of sp³-hybridized carbons (Fsp3) is 0.370. The van der Waals surface area contributed by atoms with E-state index in [0.29, 0.717) is 17.0 Å². The lowest BCUT2D eigenvalue weighted by atomic mass is 9.95. The minimum Gasteiger partial charge on any atom is -0.369 e. The summed E-state index contributed by atoms with van der Waals surface area (Å²) in [5.41, 5.74) is 5.92. The monoisotopic (exact) mass is 451 g/mol. The van der Waals surface area contributed by atoms with E-state index in [4.69, 9.17) is 11.6 Å². The molecule has 2 aromatic carbocycles. The normalized spacial score (nSPS) is 15.7. The molecule has 1 atom stereocenters. The smallest absolute Gasteiger partial charge is 0.126 e. The molecular formula is C27H31ClFN3. The van der Waals surface area contributed by atoms with Gasteiger partial charge in [0.25, 0.3) is 0 Å². The van der Waals surface area contributed by atoms with E-state index in [1.165, 1.54) is 0 Å². The number of anilines is 1. The third kappa shape index (κ3) is 5.13. The third-order valence-corrected chi connectivity index (χ3v) is 6.79. The zero-order chi connectivity index (χ0) is 22.5. The lowest BCUT2D eigenvalue weighted by molar-refractivity contribution is 0.260. The highest BCUT2D eigenvalue weighted by molar-refractivity contribution is 6.34. The molecule has 3 nitrogen and oxygen atoms in total. The van der Waals surface area contributed by atoms with E-state index in [9.17, 15) is 4.39 Å². The van der Waals surface area contributed by atoms with Crippen molar-refractivity contribution in [3.8, 4) is 11.1 Å². The van der Waals surface area contributed by atoms with Gasteiger partial charge in [0.05, 0.1) is 5.02 Å². The number of aromatic nitrogens is 1. The highest BCUT2D eigenvalue weighted by Gasteiger charge is 2.22. The van der Waals surface area contributed by atoms with E-state index in [1.807, 2.05) is 43.5 Å². The quantitative estimate of drug-likeness (QED) is 0.409. The van der Waals surface area contributed by atoms with Crippen LogP contribution in [-0.4, -0.2) is 42.6 Å². The number of benzene rings is 2. The van der Waals surface area contributed by atoms with Gasteiger partial charge >= 0.3 is 0 Å². The fourth-order valence-electron chi connectivity index (χ4n) is 4.38. The Kier molecular flexibility index (Phi) is 7.44. The summed E-state index contributed by atoms with van der Waals surface area (Å²) < 4.78 is 14.9. The number of hydrogen-bond donors (Lipinski definition) is 0. The van der Waals surface area contributed by atoms with E-state index in [1.54, 1.807) is 0 Å². The van der Waals surface area contributed by atoms with Gasteiger partial charge < -0.3 is 4.90 Å². The Morgan fingerprint density at radius 1 is 1.00 bits per heavy atom. The average Bonchev–Trinajstić information content (AvgIpc) is 2.84. The SMILES string of the molecule is CCC(F)c1cc(N2CCN(CCc3ccccn3)CC2)cc(-c2ccccc2C)c1Cl. The predicted molar refractivity (Wildman–Crippen MR) is 132 cm³/mol. The Labute approximate surface area is 195 Å². The first-order valence-corrected chi connectivity index (χ1v) is 11.9. The maximum Gasteiger partial charge on any atom is 0.126 e. The van der Waals surface area contributed by atoms with Crippen molar-refractivity contribution in [3.05, 3.63) is 82.6 Å². The van der Waals surface area contributed by atoms with Gasteiger partial charge in [-0.15, -0.1) is 0 Å². The molecule has 0 N–H and O–H groups in total. The van der Waals surface area contributed by atoms with Crippen LogP contribution in [0.25, 0.3) is 11.1 Å².